The molecule has 0 radical (unpaired) electrons. The fourth-order valence-electron chi connectivity index (χ4n) is 1.55. The Bertz CT molecular complexity index is 538. The second kappa shape index (κ2) is 6.30. The zero-order chi connectivity index (χ0) is 14.4. The molecule has 1 aromatic rings. The van der Waals surface area contributed by atoms with Crippen LogP contribution in [0.2, 0.25) is 0 Å². The number of nitrogens with zero attached hydrogens (tertiary/aromatic N) is 4. The molecule has 1 rings (SSSR count). The van der Waals surface area contributed by atoms with E-state index >= 15 is 0 Å². The van der Waals surface area contributed by atoms with Crippen LogP contribution in [-0.2, 0) is 0 Å². The molecule has 1 N–H and O–H groups in total. The van der Waals surface area contributed by atoms with Crippen LogP contribution in [0, 0.1) is 21.4 Å². The van der Waals surface area contributed by atoms with E-state index in [-0.39, 0.29) is 23.5 Å². The Balaban J connectivity index is 3.22. The molecule has 0 aliphatic rings. The lowest BCUT2D eigenvalue weighted by molar-refractivity contribution is -0.385. The van der Waals surface area contributed by atoms with E-state index in [1.165, 1.54) is 0 Å². The van der Waals surface area contributed by atoms with Crippen molar-refractivity contribution >= 4 is 17.5 Å². The largest absolute Gasteiger partial charge is 0.478 e. The molecule has 8 nitrogen and oxygen atoms in total. The summed E-state index contributed by atoms with van der Waals surface area (Å²) in [7, 11) is 0. The summed E-state index contributed by atoms with van der Waals surface area (Å²) in [4.78, 5) is 26.5. The standard InChI is InChI=1S/C11H12N4O4/c1-2-14(5-3-4-12)10-9(11(16)17)6-8(7-13-10)15(18)19/h6-7H,2-3,5H2,1H3,(H,16,17). The van der Waals surface area contributed by atoms with Crippen molar-refractivity contribution in [2.45, 2.75) is 13.3 Å². The molecule has 0 unspecified atom stereocenters. The Morgan fingerprint density at radius 3 is 2.84 bits per heavy atom. The zero-order valence-electron chi connectivity index (χ0n) is 10.2. The summed E-state index contributed by atoms with van der Waals surface area (Å²) in [5, 5.41) is 28.3. The summed E-state index contributed by atoms with van der Waals surface area (Å²) in [6, 6.07) is 2.93. The second-order valence-electron chi connectivity index (χ2n) is 3.61. The summed E-state index contributed by atoms with van der Waals surface area (Å²) in [5.41, 5.74) is -0.619. The van der Waals surface area contributed by atoms with Gasteiger partial charge in [0.25, 0.3) is 5.69 Å². The highest BCUT2D eigenvalue weighted by Gasteiger charge is 2.20. The lowest BCUT2D eigenvalue weighted by atomic mass is 10.2. The minimum absolute atomic E-state index is 0.135. The highest BCUT2D eigenvalue weighted by Crippen LogP contribution is 2.22. The number of nitriles is 1. The molecule has 0 atom stereocenters. The number of nitro groups is 1. The van der Waals surface area contributed by atoms with E-state index in [1.54, 1.807) is 11.8 Å². The van der Waals surface area contributed by atoms with Gasteiger partial charge in [0.1, 0.15) is 17.6 Å². The maximum atomic E-state index is 11.1. The van der Waals surface area contributed by atoms with E-state index in [2.05, 4.69) is 4.98 Å². The third-order valence-electron chi connectivity index (χ3n) is 2.47. The zero-order valence-corrected chi connectivity index (χ0v) is 10.2. The molecule has 0 amide bonds. The molecule has 19 heavy (non-hydrogen) atoms. The van der Waals surface area contributed by atoms with Crippen molar-refractivity contribution in [3.8, 4) is 6.07 Å². The number of carboxylic acids is 1. The summed E-state index contributed by atoms with van der Waals surface area (Å²) in [6.07, 6.45) is 1.22. The van der Waals surface area contributed by atoms with E-state index < -0.39 is 10.9 Å². The first-order valence-electron chi connectivity index (χ1n) is 5.50. The van der Waals surface area contributed by atoms with Gasteiger partial charge in [0.2, 0.25) is 0 Å². The van der Waals surface area contributed by atoms with Crippen LogP contribution in [0.4, 0.5) is 11.5 Å². The van der Waals surface area contributed by atoms with Gasteiger partial charge in [-0.15, -0.1) is 0 Å². The number of pyridine rings is 1. The smallest absolute Gasteiger partial charge is 0.339 e. The summed E-state index contributed by atoms with van der Waals surface area (Å²) < 4.78 is 0. The predicted molar refractivity (Wildman–Crippen MR) is 66.0 cm³/mol. The maximum Gasteiger partial charge on any atom is 0.339 e. The van der Waals surface area contributed by atoms with Crippen LogP contribution in [0.3, 0.4) is 0 Å². The van der Waals surface area contributed by atoms with Crippen molar-refractivity contribution in [3.05, 3.63) is 27.9 Å². The summed E-state index contributed by atoms with van der Waals surface area (Å²) in [5.74, 6) is -1.16. The van der Waals surface area contributed by atoms with Gasteiger partial charge in [0.05, 0.1) is 17.4 Å². The number of aromatic nitrogens is 1. The molecule has 0 aliphatic carbocycles. The highest BCUT2D eigenvalue weighted by atomic mass is 16.6. The third kappa shape index (κ3) is 3.38. The van der Waals surface area contributed by atoms with Crippen LogP contribution in [0.5, 0.6) is 0 Å². The van der Waals surface area contributed by atoms with E-state index in [0.717, 1.165) is 12.3 Å². The molecule has 0 bridgehead atoms. The van der Waals surface area contributed by atoms with Crippen molar-refractivity contribution in [1.29, 1.82) is 5.26 Å². The molecule has 100 valence electrons. The Morgan fingerprint density at radius 2 is 2.37 bits per heavy atom. The van der Waals surface area contributed by atoms with Gasteiger partial charge in [-0.1, -0.05) is 0 Å². The molecule has 0 aliphatic heterocycles. The molecular weight excluding hydrogens is 252 g/mol. The molecule has 0 saturated heterocycles. The molecule has 1 heterocycles. The van der Waals surface area contributed by atoms with E-state index in [1.807, 2.05) is 6.07 Å². The SMILES string of the molecule is CCN(CCC#N)c1ncc([N+](=O)[O-])cc1C(=O)O. The average Bonchev–Trinajstić information content (AvgIpc) is 2.39. The first-order valence-corrected chi connectivity index (χ1v) is 5.50. The lowest BCUT2D eigenvalue weighted by Crippen LogP contribution is -2.27. The minimum Gasteiger partial charge on any atom is -0.478 e. The first-order chi connectivity index (χ1) is 9.01. The molecular formula is C11H12N4O4. The van der Waals surface area contributed by atoms with Crippen LogP contribution in [0.15, 0.2) is 12.3 Å². The van der Waals surface area contributed by atoms with Crippen LogP contribution in [0.1, 0.15) is 23.7 Å². The Morgan fingerprint density at radius 1 is 1.68 bits per heavy atom. The minimum atomic E-state index is -1.29. The maximum absolute atomic E-state index is 11.1. The van der Waals surface area contributed by atoms with Gasteiger partial charge in [-0.3, -0.25) is 10.1 Å². The van der Waals surface area contributed by atoms with Gasteiger partial charge in [0.15, 0.2) is 0 Å². The van der Waals surface area contributed by atoms with E-state index in [0.29, 0.717) is 13.1 Å². The summed E-state index contributed by atoms with van der Waals surface area (Å²) in [6.45, 7) is 2.55. The Kier molecular flexibility index (Phi) is 4.76. The number of carboxylic acid groups (broad SMARTS) is 1. The van der Waals surface area contributed by atoms with Gasteiger partial charge in [-0.05, 0) is 6.92 Å². The first kappa shape index (κ1) is 14.4. The van der Waals surface area contributed by atoms with Crippen molar-refractivity contribution in [2.75, 3.05) is 18.0 Å². The van der Waals surface area contributed by atoms with Crippen LogP contribution in [-0.4, -0.2) is 34.1 Å². The molecule has 0 spiro atoms. The van der Waals surface area contributed by atoms with Crippen molar-refractivity contribution in [3.63, 3.8) is 0 Å². The number of hydrogen-bond donors (Lipinski definition) is 1. The predicted octanol–water partition coefficient (Wildman–Crippen LogP) is 1.43. The van der Waals surface area contributed by atoms with E-state index in [4.69, 9.17) is 10.4 Å². The number of rotatable bonds is 6. The number of carbonyl (C=O) groups is 1. The van der Waals surface area contributed by atoms with E-state index in [9.17, 15) is 14.9 Å². The van der Waals surface area contributed by atoms with Gasteiger partial charge < -0.3 is 10.0 Å². The molecule has 0 aromatic carbocycles. The molecule has 0 saturated carbocycles. The van der Waals surface area contributed by atoms with Crippen molar-refractivity contribution in [2.24, 2.45) is 0 Å². The van der Waals surface area contributed by atoms with Gasteiger partial charge >= 0.3 is 5.97 Å². The van der Waals surface area contributed by atoms with Crippen LogP contribution < -0.4 is 4.90 Å². The second-order valence-corrected chi connectivity index (χ2v) is 3.61. The lowest BCUT2D eigenvalue weighted by Gasteiger charge is -2.21. The molecule has 1 aromatic heterocycles. The topological polar surface area (TPSA) is 120 Å². The fraction of sp³-hybridized carbons (Fsp3) is 0.364. The van der Waals surface area contributed by atoms with Gasteiger partial charge in [-0.25, -0.2) is 9.78 Å². The number of aromatic carboxylic acids is 1. The van der Waals surface area contributed by atoms with Gasteiger partial charge in [0, 0.05) is 19.2 Å². The fourth-order valence-corrected chi connectivity index (χ4v) is 1.55. The van der Waals surface area contributed by atoms with Crippen LogP contribution in [0.25, 0.3) is 0 Å². The number of hydrogen-bond acceptors (Lipinski definition) is 6. The molecule has 0 fully saturated rings. The normalized spacial score (nSPS) is 9.68. The van der Waals surface area contributed by atoms with Gasteiger partial charge in [-0.2, -0.15) is 5.26 Å². The third-order valence-corrected chi connectivity index (χ3v) is 2.47. The quantitative estimate of drug-likeness (QED) is 0.609. The highest BCUT2D eigenvalue weighted by molar-refractivity contribution is 5.94. The summed E-state index contributed by atoms with van der Waals surface area (Å²) >= 11 is 0. The molecule has 8 heteroatoms. The van der Waals surface area contributed by atoms with Crippen molar-refractivity contribution in [1.82, 2.24) is 4.98 Å². The monoisotopic (exact) mass is 264 g/mol. The van der Waals surface area contributed by atoms with Crippen LogP contribution >= 0.6 is 0 Å². The van der Waals surface area contributed by atoms with Crippen molar-refractivity contribution < 1.29 is 14.8 Å². The number of anilines is 1. The Labute approximate surface area is 109 Å². The average molecular weight is 264 g/mol. The Hall–Kier alpha value is -2.69.